The van der Waals surface area contributed by atoms with Crippen LogP contribution in [-0.2, 0) is 4.79 Å². The van der Waals surface area contributed by atoms with E-state index < -0.39 is 12.1 Å². The molecule has 0 saturated carbocycles. The van der Waals surface area contributed by atoms with Gasteiger partial charge in [0.05, 0.1) is 12.5 Å². The fourth-order valence-corrected chi connectivity index (χ4v) is 2.72. The van der Waals surface area contributed by atoms with Gasteiger partial charge in [0.15, 0.2) is 0 Å². The summed E-state index contributed by atoms with van der Waals surface area (Å²) in [5.41, 5.74) is 7.33. The number of anilines is 1. The zero-order valence-corrected chi connectivity index (χ0v) is 14.5. The number of carbonyl (C=O) groups excluding carboxylic acids is 2. The lowest BCUT2D eigenvalue weighted by atomic mass is 10.0. The molecule has 2 rings (SSSR count). The smallest absolute Gasteiger partial charge is 0.312 e. The third-order valence-corrected chi connectivity index (χ3v) is 4.04. The molecule has 0 spiro atoms. The molecule has 4 N–H and O–H groups in total. The fraction of sp³-hybridized carbons (Fsp3) is 0.176. The molecule has 0 aromatic heterocycles. The lowest BCUT2D eigenvalue weighted by Crippen LogP contribution is -2.35. The predicted molar refractivity (Wildman–Crippen MR) is 96.3 cm³/mol. The summed E-state index contributed by atoms with van der Waals surface area (Å²) in [7, 11) is 0. The fourth-order valence-electron chi connectivity index (χ4n) is 2.28. The summed E-state index contributed by atoms with van der Waals surface area (Å²) in [6, 6.07) is 10.8. The molecule has 0 bridgehead atoms. The van der Waals surface area contributed by atoms with E-state index in [1.807, 2.05) is 13.0 Å². The number of benzene rings is 2. The first-order valence-electron chi connectivity index (χ1n) is 7.23. The number of rotatable bonds is 5. The second-order valence-corrected chi connectivity index (χ2v) is 6.14. The van der Waals surface area contributed by atoms with Crippen molar-refractivity contribution in [1.82, 2.24) is 5.32 Å². The number of hydrogen-bond acceptors (Lipinski definition) is 2. The number of hydrogen-bond donors (Lipinski definition) is 3. The van der Waals surface area contributed by atoms with Crippen LogP contribution in [0.3, 0.4) is 0 Å². The molecule has 0 heterocycles. The second-order valence-electron chi connectivity index (χ2n) is 5.29. The van der Waals surface area contributed by atoms with Crippen molar-refractivity contribution in [3.63, 3.8) is 0 Å². The highest BCUT2D eigenvalue weighted by molar-refractivity contribution is 6.31. The van der Waals surface area contributed by atoms with E-state index in [-0.39, 0.29) is 12.3 Å². The molecule has 3 amide bonds. The van der Waals surface area contributed by atoms with Crippen molar-refractivity contribution < 1.29 is 9.59 Å². The molecule has 5 nitrogen and oxygen atoms in total. The molecule has 0 fully saturated rings. The molecule has 0 aliphatic rings. The van der Waals surface area contributed by atoms with Crippen LogP contribution in [0.15, 0.2) is 42.5 Å². The first-order valence-corrected chi connectivity index (χ1v) is 7.99. The number of nitrogens with two attached hydrogens (primary N) is 1. The van der Waals surface area contributed by atoms with Gasteiger partial charge in [0, 0.05) is 15.7 Å². The second kappa shape index (κ2) is 8.04. The van der Waals surface area contributed by atoms with Crippen molar-refractivity contribution >= 4 is 40.8 Å². The Hall–Kier alpha value is -2.24. The molecule has 24 heavy (non-hydrogen) atoms. The van der Waals surface area contributed by atoms with Crippen LogP contribution in [-0.4, -0.2) is 11.9 Å². The minimum atomic E-state index is -0.730. The number of primary amides is 1. The Bertz CT molecular complexity index is 765. The van der Waals surface area contributed by atoms with Crippen molar-refractivity contribution in [2.24, 2.45) is 5.73 Å². The number of urea groups is 1. The summed E-state index contributed by atoms with van der Waals surface area (Å²) in [4.78, 5) is 23.6. The molecule has 7 heteroatoms. The number of nitrogens with one attached hydrogen (secondary N) is 2. The van der Waals surface area contributed by atoms with Crippen LogP contribution < -0.4 is 16.4 Å². The van der Waals surface area contributed by atoms with Gasteiger partial charge in [0.2, 0.25) is 5.91 Å². The molecule has 126 valence electrons. The lowest BCUT2D eigenvalue weighted by Gasteiger charge is -2.19. The van der Waals surface area contributed by atoms with Gasteiger partial charge < -0.3 is 16.4 Å². The largest absolute Gasteiger partial charge is 0.352 e. The standard InChI is InChI=1S/C17H17Cl2N3O2/c1-10-6-7-11(18)8-14(10)21-16(23)9-15(22-17(20)24)12-4-2-3-5-13(12)19/h2-8,15H,9H2,1H3,(H,21,23)(H3,20,22,24)/t15-/m1/s1. The van der Waals surface area contributed by atoms with Gasteiger partial charge >= 0.3 is 6.03 Å². The van der Waals surface area contributed by atoms with E-state index in [9.17, 15) is 9.59 Å². The van der Waals surface area contributed by atoms with Crippen molar-refractivity contribution in [3.8, 4) is 0 Å². The van der Waals surface area contributed by atoms with E-state index in [1.165, 1.54) is 0 Å². The molecular weight excluding hydrogens is 349 g/mol. The zero-order chi connectivity index (χ0) is 17.7. The third kappa shape index (κ3) is 4.88. The molecule has 2 aromatic carbocycles. The summed E-state index contributed by atoms with van der Waals surface area (Å²) in [5, 5.41) is 6.30. The normalized spacial score (nSPS) is 11.6. The van der Waals surface area contributed by atoms with E-state index in [0.29, 0.717) is 21.3 Å². The van der Waals surface area contributed by atoms with Gasteiger partial charge in [-0.2, -0.15) is 0 Å². The van der Waals surface area contributed by atoms with Crippen LogP contribution in [0.25, 0.3) is 0 Å². The van der Waals surface area contributed by atoms with E-state index in [2.05, 4.69) is 10.6 Å². The van der Waals surface area contributed by atoms with Crippen molar-refractivity contribution in [3.05, 3.63) is 63.6 Å². The third-order valence-electron chi connectivity index (χ3n) is 3.46. The van der Waals surface area contributed by atoms with Gasteiger partial charge in [-0.3, -0.25) is 4.79 Å². The van der Waals surface area contributed by atoms with Gasteiger partial charge in [-0.15, -0.1) is 0 Å². The maximum Gasteiger partial charge on any atom is 0.312 e. The molecular formula is C17H17Cl2N3O2. The van der Waals surface area contributed by atoms with Crippen LogP contribution in [0.4, 0.5) is 10.5 Å². The van der Waals surface area contributed by atoms with Crippen molar-refractivity contribution in [1.29, 1.82) is 0 Å². The van der Waals surface area contributed by atoms with Gasteiger partial charge in [-0.1, -0.05) is 47.5 Å². The monoisotopic (exact) mass is 365 g/mol. The van der Waals surface area contributed by atoms with Crippen LogP contribution in [0.5, 0.6) is 0 Å². The first-order chi connectivity index (χ1) is 11.4. The Morgan fingerprint density at radius 3 is 2.54 bits per heavy atom. The highest BCUT2D eigenvalue weighted by Crippen LogP contribution is 2.26. The van der Waals surface area contributed by atoms with Gasteiger partial charge in [-0.25, -0.2) is 4.79 Å². The molecule has 1 atom stereocenters. The molecule has 0 aliphatic heterocycles. The Morgan fingerprint density at radius 1 is 1.17 bits per heavy atom. The number of halogens is 2. The van der Waals surface area contributed by atoms with Gasteiger partial charge in [0.25, 0.3) is 0 Å². The summed E-state index contributed by atoms with van der Waals surface area (Å²) >= 11 is 12.1. The average Bonchev–Trinajstić information content (AvgIpc) is 2.50. The van der Waals surface area contributed by atoms with Crippen molar-refractivity contribution in [2.75, 3.05) is 5.32 Å². The maximum atomic E-state index is 12.4. The summed E-state index contributed by atoms with van der Waals surface area (Å²) in [6.45, 7) is 1.86. The quantitative estimate of drug-likeness (QED) is 0.746. The van der Waals surface area contributed by atoms with Gasteiger partial charge in [-0.05, 0) is 36.2 Å². The van der Waals surface area contributed by atoms with Crippen LogP contribution in [0.1, 0.15) is 23.6 Å². The Labute approximate surface area is 150 Å². The highest BCUT2D eigenvalue weighted by atomic mass is 35.5. The molecule has 0 unspecified atom stereocenters. The molecule has 0 radical (unpaired) electrons. The molecule has 0 saturated heterocycles. The summed E-state index contributed by atoms with van der Waals surface area (Å²) < 4.78 is 0. The van der Waals surface area contributed by atoms with E-state index in [0.717, 1.165) is 5.56 Å². The zero-order valence-electron chi connectivity index (χ0n) is 13.0. The number of amides is 3. The maximum absolute atomic E-state index is 12.4. The minimum absolute atomic E-state index is 0.0153. The topological polar surface area (TPSA) is 84.2 Å². The van der Waals surface area contributed by atoms with Crippen molar-refractivity contribution in [2.45, 2.75) is 19.4 Å². The van der Waals surface area contributed by atoms with Crippen LogP contribution in [0, 0.1) is 6.92 Å². The van der Waals surface area contributed by atoms with E-state index in [1.54, 1.807) is 36.4 Å². The Balaban J connectivity index is 2.17. The number of carbonyl (C=O) groups is 2. The molecule has 0 aliphatic carbocycles. The summed E-state index contributed by atoms with van der Waals surface area (Å²) in [5.74, 6) is -0.293. The Morgan fingerprint density at radius 2 is 1.88 bits per heavy atom. The molecule has 2 aromatic rings. The first kappa shape index (κ1) is 18.1. The minimum Gasteiger partial charge on any atom is -0.352 e. The van der Waals surface area contributed by atoms with Crippen LogP contribution >= 0.6 is 23.2 Å². The predicted octanol–water partition coefficient (Wildman–Crippen LogP) is 4.04. The number of aryl methyl sites for hydroxylation is 1. The average molecular weight is 366 g/mol. The van der Waals surface area contributed by atoms with E-state index >= 15 is 0 Å². The van der Waals surface area contributed by atoms with Gasteiger partial charge in [0.1, 0.15) is 0 Å². The highest BCUT2D eigenvalue weighted by Gasteiger charge is 2.20. The van der Waals surface area contributed by atoms with E-state index in [4.69, 9.17) is 28.9 Å². The van der Waals surface area contributed by atoms with Crippen LogP contribution in [0.2, 0.25) is 10.0 Å². The Kier molecular flexibility index (Phi) is 6.06. The lowest BCUT2D eigenvalue weighted by molar-refractivity contribution is -0.116. The SMILES string of the molecule is Cc1ccc(Cl)cc1NC(=O)C[C@@H](NC(N)=O)c1ccccc1Cl. The summed E-state index contributed by atoms with van der Waals surface area (Å²) in [6.07, 6.45) is -0.0153.